The summed E-state index contributed by atoms with van der Waals surface area (Å²) in [5, 5.41) is 10.6. The number of carbonyl (C=O) groups excluding carboxylic acids is 2. The van der Waals surface area contributed by atoms with Gasteiger partial charge in [-0.15, -0.1) is 0 Å². The number of nitrogens with one attached hydrogen (secondary N) is 1. The molecule has 0 fully saturated rings. The maximum atomic E-state index is 11.0. The normalized spacial score (nSPS) is 9.73. The van der Waals surface area contributed by atoms with Crippen LogP contribution in [-0.2, 0) is 14.3 Å². The van der Waals surface area contributed by atoms with Crippen LogP contribution >= 0.6 is 0 Å². The van der Waals surface area contributed by atoms with Gasteiger partial charge in [-0.2, -0.15) is 0 Å². The average molecular weight is 217 g/mol. The Morgan fingerprint density at radius 1 is 1.27 bits per heavy atom. The van der Waals surface area contributed by atoms with Crippen molar-refractivity contribution in [2.45, 2.75) is 32.6 Å². The van der Waals surface area contributed by atoms with Gasteiger partial charge in [-0.1, -0.05) is 26.2 Å². The van der Waals surface area contributed by atoms with Gasteiger partial charge in [0.05, 0.1) is 6.61 Å². The first-order valence-electron chi connectivity index (χ1n) is 5.24. The first-order chi connectivity index (χ1) is 7.20. The van der Waals surface area contributed by atoms with E-state index in [0.717, 1.165) is 25.7 Å². The van der Waals surface area contributed by atoms with Crippen LogP contribution in [0.3, 0.4) is 0 Å². The van der Waals surface area contributed by atoms with Gasteiger partial charge in [0.15, 0.2) is 0 Å². The number of hydrogen-bond acceptors (Lipinski definition) is 4. The monoisotopic (exact) mass is 217 g/mol. The zero-order valence-corrected chi connectivity index (χ0v) is 9.12. The SMILES string of the molecule is CCCCCCOC(=O)CNC(=O)CO. The lowest BCUT2D eigenvalue weighted by atomic mass is 10.2. The second-order valence-corrected chi connectivity index (χ2v) is 3.22. The molecule has 15 heavy (non-hydrogen) atoms. The van der Waals surface area contributed by atoms with Gasteiger partial charge in [0.2, 0.25) is 5.91 Å². The first-order valence-corrected chi connectivity index (χ1v) is 5.24. The molecule has 0 aromatic rings. The van der Waals surface area contributed by atoms with Crippen LogP contribution in [0.1, 0.15) is 32.6 Å². The largest absolute Gasteiger partial charge is 0.464 e. The molecule has 0 aliphatic rings. The van der Waals surface area contributed by atoms with Crippen molar-refractivity contribution in [3.05, 3.63) is 0 Å². The van der Waals surface area contributed by atoms with Gasteiger partial charge in [0, 0.05) is 0 Å². The van der Waals surface area contributed by atoms with Gasteiger partial charge in [0.1, 0.15) is 13.2 Å². The third-order valence-corrected chi connectivity index (χ3v) is 1.83. The van der Waals surface area contributed by atoms with Crippen LogP contribution in [0.4, 0.5) is 0 Å². The highest BCUT2D eigenvalue weighted by Gasteiger charge is 2.04. The molecule has 5 heteroatoms. The highest BCUT2D eigenvalue weighted by Crippen LogP contribution is 1.98. The lowest BCUT2D eigenvalue weighted by Crippen LogP contribution is -2.32. The Labute approximate surface area is 89.8 Å². The highest BCUT2D eigenvalue weighted by atomic mass is 16.5. The minimum absolute atomic E-state index is 0.173. The van der Waals surface area contributed by atoms with Crippen molar-refractivity contribution in [2.75, 3.05) is 19.8 Å². The Hall–Kier alpha value is -1.10. The van der Waals surface area contributed by atoms with Crippen LogP contribution in [0.15, 0.2) is 0 Å². The molecule has 0 aromatic heterocycles. The number of carbonyl (C=O) groups is 2. The van der Waals surface area contributed by atoms with Gasteiger partial charge < -0.3 is 15.2 Å². The number of aliphatic hydroxyl groups excluding tert-OH is 1. The minimum Gasteiger partial charge on any atom is -0.464 e. The Balaban J connectivity index is 3.30. The molecule has 0 rings (SSSR count). The predicted octanol–water partition coefficient (Wildman–Crippen LogP) is 0.218. The number of amides is 1. The van der Waals surface area contributed by atoms with Crippen molar-refractivity contribution in [1.82, 2.24) is 5.32 Å². The molecule has 0 radical (unpaired) electrons. The molecule has 0 heterocycles. The smallest absolute Gasteiger partial charge is 0.325 e. The van der Waals surface area contributed by atoms with E-state index in [0.29, 0.717) is 6.61 Å². The maximum absolute atomic E-state index is 11.0. The minimum atomic E-state index is -0.607. The molecular formula is C10H19NO4. The second-order valence-electron chi connectivity index (χ2n) is 3.22. The van der Waals surface area contributed by atoms with Crippen molar-refractivity contribution >= 4 is 11.9 Å². The van der Waals surface area contributed by atoms with E-state index in [1.807, 2.05) is 0 Å². The molecule has 0 aromatic carbocycles. The van der Waals surface area contributed by atoms with Gasteiger partial charge in [-0.25, -0.2) is 0 Å². The van der Waals surface area contributed by atoms with Crippen LogP contribution < -0.4 is 5.32 Å². The molecule has 0 saturated heterocycles. The van der Waals surface area contributed by atoms with Gasteiger partial charge in [-0.05, 0) is 6.42 Å². The second kappa shape index (κ2) is 9.45. The number of ether oxygens (including phenoxy) is 1. The number of esters is 1. The molecule has 0 aliphatic carbocycles. The summed E-state index contributed by atoms with van der Waals surface area (Å²) < 4.78 is 4.85. The van der Waals surface area contributed by atoms with E-state index in [9.17, 15) is 9.59 Å². The number of unbranched alkanes of at least 4 members (excludes halogenated alkanes) is 3. The summed E-state index contributed by atoms with van der Waals surface area (Å²) in [6.45, 7) is 1.72. The summed E-state index contributed by atoms with van der Waals surface area (Å²) in [5.41, 5.74) is 0. The molecule has 5 nitrogen and oxygen atoms in total. The summed E-state index contributed by atoms with van der Waals surface area (Å²) in [7, 11) is 0. The summed E-state index contributed by atoms with van der Waals surface area (Å²) in [5.74, 6) is -1.04. The Bertz CT molecular complexity index is 194. The van der Waals surface area contributed by atoms with E-state index in [4.69, 9.17) is 9.84 Å². The molecular weight excluding hydrogens is 198 g/mol. The Kier molecular flexibility index (Phi) is 8.76. The number of aliphatic hydroxyl groups is 1. The number of hydrogen-bond donors (Lipinski definition) is 2. The maximum Gasteiger partial charge on any atom is 0.325 e. The van der Waals surface area contributed by atoms with Crippen molar-refractivity contribution in [3.8, 4) is 0 Å². The van der Waals surface area contributed by atoms with E-state index in [2.05, 4.69) is 12.2 Å². The molecule has 2 N–H and O–H groups in total. The molecule has 0 spiro atoms. The van der Waals surface area contributed by atoms with Crippen molar-refractivity contribution < 1.29 is 19.4 Å². The first kappa shape index (κ1) is 13.9. The fourth-order valence-electron chi connectivity index (χ4n) is 0.993. The molecule has 0 atom stereocenters. The zero-order chi connectivity index (χ0) is 11.5. The van der Waals surface area contributed by atoms with Crippen LogP contribution in [0.25, 0.3) is 0 Å². The average Bonchev–Trinajstić information content (AvgIpc) is 2.25. The van der Waals surface area contributed by atoms with Crippen LogP contribution in [0, 0.1) is 0 Å². The van der Waals surface area contributed by atoms with Crippen molar-refractivity contribution in [3.63, 3.8) is 0 Å². The lowest BCUT2D eigenvalue weighted by molar-refractivity contribution is -0.144. The van der Waals surface area contributed by atoms with E-state index >= 15 is 0 Å². The van der Waals surface area contributed by atoms with Gasteiger partial charge in [0.25, 0.3) is 0 Å². The van der Waals surface area contributed by atoms with E-state index in [-0.39, 0.29) is 6.54 Å². The molecule has 0 bridgehead atoms. The summed E-state index contributed by atoms with van der Waals surface area (Å²) in [6.07, 6.45) is 4.18. The van der Waals surface area contributed by atoms with Crippen LogP contribution in [-0.4, -0.2) is 36.7 Å². The quantitative estimate of drug-likeness (QED) is 0.450. The summed E-state index contributed by atoms with van der Waals surface area (Å²) in [6, 6.07) is 0. The molecule has 1 amide bonds. The third-order valence-electron chi connectivity index (χ3n) is 1.83. The molecule has 0 saturated carbocycles. The fourth-order valence-corrected chi connectivity index (χ4v) is 0.993. The van der Waals surface area contributed by atoms with E-state index < -0.39 is 18.5 Å². The summed E-state index contributed by atoms with van der Waals surface area (Å²) >= 11 is 0. The van der Waals surface area contributed by atoms with Crippen LogP contribution in [0.5, 0.6) is 0 Å². The van der Waals surface area contributed by atoms with Gasteiger partial charge in [-0.3, -0.25) is 9.59 Å². The molecule has 0 aliphatic heterocycles. The van der Waals surface area contributed by atoms with Crippen LogP contribution in [0.2, 0.25) is 0 Å². The zero-order valence-electron chi connectivity index (χ0n) is 9.12. The van der Waals surface area contributed by atoms with Gasteiger partial charge >= 0.3 is 5.97 Å². The topological polar surface area (TPSA) is 75.6 Å². The standard InChI is InChI=1S/C10H19NO4/c1-2-3-4-5-6-15-10(14)7-11-9(13)8-12/h12H,2-8H2,1H3,(H,11,13). The lowest BCUT2D eigenvalue weighted by Gasteiger charge is -2.05. The van der Waals surface area contributed by atoms with E-state index in [1.54, 1.807) is 0 Å². The fraction of sp³-hybridized carbons (Fsp3) is 0.800. The van der Waals surface area contributed by atoms with Crippen molar-refractivity contribution in [1.29, 1.82) is 0 Å². The molecule has 88 valence electrons. The Morgan fingerprint density at radius 2 is 2.00 bits per heavy atom. The third kappa shape index (κ3) is 9.21. The molecule has 0 unspecified atom stereocenters. The predicted molar refractivity (Wildman–Crippen MR) is 55.2 cm³/mol. The van der Waals surface area contributed by atoms with E-state index in [1.165, 1.54) is 0 Å². The summed E-state index contributed by atoms with van der Waals surface area (Å²) in [4.78, 5) is 21.5. The highest BCUT2D eigenvalue weighted by molar-refractivity contribution is 5.82. The Morgan fingerprint density at radius 3 is 2.60 bits per heavy atom. The number of rotatable bonds is 8. The van der Waals surface area contributed by atoms with Crippen molar-refractivity contribution in [2.24, 2.45) is 0 Å².